The van der Waals surface area contributed by atoms with Crippen LogP contribution in [0.3, 0.4) is 0 Å². The third-order valence-corrected chi connectivity index (χ3v) is 6.79. The molecule has 4 rings (SSSR count). The minimum atomic E-state index is -4.30. The number of aryl methyl sites for hydroxylation is 2. The zero-order valence-electron chi connectivity index (χ0n) is 15.9. The summed E-state index contributed by atoms with van der Waals surface area (Å²) in [5.74, 6) is -0.223. The van der Waals surface area contributed by atoms with Gasteiger partial charge in [-0.25, -0.2) is 22.9 Å². The van der Waals surface area contributed by atoms with E-state index in [1.807, 2.05) is 4.72 Å². The van der Waals surface area contributed by atoms with E-state index >= 15 is 0 Å². The predicted molar refractivity (Wildman–Crippen MR) is 108 cm³/mol. The number of nitrogens with two attached hydrogens (primary N) is 1. The molecule has 10 heteroatoms. The van der Waals surface area contributed by atoms with Crippen molar-refractivity contribution in [1.29, 1.82) is 0 Å². The molecule has 29 heavy (non-hydrogen) atoms. The minimum absolute atomic E-state index is 0.00329. The van der Waals surface area contributed by atoms with Crippen LogP contribution in [0.4, 0.5) is 10.5 Å². The van der Waals surface area contributed by atoms with Gasteiger partial charge in [-0.2, -0.15) is 0 Å². The number of ether oxygens (including phenoxy) is 1. The summed E-state index contributed by atoms with van der Waals surface area (Å²) in [7, 11) is -4.30. The number of amides is 2. The molecule has 3 aliphatic rings. The average molecular weight is 420 g/mol. The molecule has 0 spiro atoms. The molecule has 1 unspecified atom stereocenters. The normalized spacial score (nSPS) is 21.1. The number of carbonyl (C=O) groups excluding carboxylic acids is 1. The van der Waals surface area contributed by atoms with Crippen LogP contribution in [-0.4, -0.2) is 44.7 Å². The van der Waals surface area contributed by atoms with Crippen molar-refractivity contribution in [2.24, 2.45) is 10.7 Å². The number of rotatable bonds is 4. The summed E-state index contributed by atoms with van der Waals surface area (Å²) in [6.45, 7) is -0.100. The molecule has 156 valence electrons. The Hall–Kier alpha value is -2.59. The Bertz CT molecular complexity index is 984. The van der Waals surface area contributed by atoms with Gasteiger partial charge in [-0.3, -0.25) is 0 Å². The number of fused-ring (bicyclic) bond motifs is 2. The summed E-state index contributed by atoms with van der Waals surface area (Å²) in [5, 5.41) is 12.2. The van der Waals surface area contributed by atoms with Crippen molar-refractivity contribution in [2.45, 2.75) is 44.6 Å². The average Bonchev–Trinajstić information content (AvgIpc) is 3.32. The smallest absolute Gasteiger partial charge is 0.333 e. The van der Waals surface area contributed by atoms with Crippen LogP contribution in [0.25, 0.3) is 0 Å². The quantitative estimate of drug-likeness (QED) is 0.565. The van der Waals surface area contributed by atoms with Gasteiger partial charge >= 0.3 is 6.03 Å². The molecule has 1 aromatic rings. The van der Waals surface area contributed by atoms with Crippen molar-refractivity contribution < 1.29 is 23.1 Å². The summed E-state index contributed by atoms with van der Waals surface area (Å²) < 4.78 is 32.5. The fourth-order valence-electron chi connectivity index (χ4n) is 4.17. The summed E-state index contributed by atoms with van der Waals surface area (Å²) >= 11 is 0. The third-order valence-electron chi connectivity index (χ3n) is 5.45. The number of urea groups is 1. The molecule has 0 saturated carbocycles. The Kier molecular flexibility index (Phi) is 5.22. The number of aliphatic hydroxyl groups excluding tert-OH is 1. The van der Waals surface area contributed by atoms with E-state index in [-0.39, 0.29) is 19.0 Å². The van der Waals surface area contributed by atoms with Crippen molar-refractivity contribution in [3.8, 4) is 0 Å². The number of nitrogens with one attached hydrogen (secondary N) is 2. The summed E-state index contributed by atoms with van der Waals surface area (Å²) in [6, 6.07) is 1.38. The first-order valence-corrected chi connectivity index (χ1v) is 11.1. The van der Waals surface area contributed by atoms with Crippen molar-refractivity contribution >= 4 is 27.6 Å². The lowest BCUT2D eigenvalue weighted by molar-refractivity contribution is 0.0958. The molecule has 2 amide bonds. The van der Waals surface area contributed by atoms with E-state index in [4.69, 9.17) is 10.5 Å². The van der Waals surface area contributed by atoms with Crippen molar-refractivity contribution in [3.05, 3.63) is 39.4 Å². The maximum absolute atomic E-state index is 12.7. The predicted octanol–water partition coefficient (Wildman–Crippen LogP) is 0.705. The van der Waals surface area contributed by atoms with Gasteiger partial charge in [0.25, 0.3) is 10.0 Å². The fourth-order valence-corrected chi connectivity index (χ4v) is 5.11. The van der Waals surface area contributed by atoms with Crippen LogP contribution in [0.2, 0.25) is 0 Å². The van der Waals surface area contributed by atoms with Gasteiger partial charge in [0.05, 0.1) is 6.54 Å². The van der Waals surface area contributed by atoms with Gasteiger partial charge in [-0.05, 0) is 60.8 Å². The molecule has 1 aromatic carbocycles. The van der Waals surface area contributed by atoms with E-state index < -0.39 is 27.1 Å². The van der Waals surface area contributed by atoms with Crippen LogP contribution in [-0.2, 0) is 40.4 Å². The Balaban J connectivity index is 1.55. The Labute approximate surface area is 169 Å². The van der Waals surface area contributed by atoms with Crippen molar-refractivity contribution in [1.82, 2.24) is 4.72 Å². The molecule has 2 aliphatic carbocycles. The van der Waals surface area contributed by atoms with Crippen LogP contribution in [0.1, 0.15) is 35.1 Å². The highest BCUT2D eigenvalue weighted by atomic mass is 32.2. The summed E-state index contributed by atoms with van der Waals surface area (Å²) in [6.07, 6.45) is 5.74. The van der Waals surface area contributed by atoms with E-state index in [2.05, 4.69) is 16.4 Å². The van der Waals surface area contributed by atoms with Crippen LogP contribution in [0, 0.1) is 0 Å². The van der Waals surface area contributed by atoms with E-state index in [0.29, 0.717) is 0 Å². The van der Waals surface area contributed by atoms with Crippen LogP contribution in [0.15, 0.2) is 22.2 Å². The number of hydrogen-bond donors (Lipinski definition) is 4. The van der Waals surface area contributed by atoms with Gasteiger partial charge in [0, 0.05) is 11.9 Å². The van der Waals surface area contributed by atoms with Gasteiger partial charge in [-0.15, -0.1) is 0 Å². The topological polar surface area (TPSA) is 143 Å². The molecule has 1 atom stereocenters. The maximum atomic E-state index is 12.7. The third kappa shape index (κ3) is 3.82. The van der Waals surface area contributed by atoms with E-state index in [1.165, 1.54) is 11.1 Å². The summed E-state index contributed by atoms with van der Waals surface area (Å²) in [5.41, 5.74) is 10.9. The number of benzene rings is 1. The summed E-state index contributed by atoms with van der Waals surface area (Å²) in [4.78, 5) is 16.0. The maximum Gasteiger partial charge on any atom is 0.333 e. The van der Waals surface area contributed by atoms with Crippen LogP contribution in [0.5, 0.6) is 0 Å². The second-order valence-corrected chi connectivity index (χ2v) is 9.09. The molecule has 5 N–H and O–H groups in total. The Morgan fingerprint density at radius 2 is 1.86 bits per heavy atom. The number of aliphatic hydroxyl groups is 1. The zero-order valence-corrected chi connectivity index (χ0v) is 16.7. The molecule has 0 saturated heterocycles. The van der Waals surface area contributed by atoms with Crippen molar-refractivity contribution in [2.75, 3.05) is 18.5 Å². The molecular weight excluding hydrogens is 396 g/mol. The first-order valence-electron chi connectivity index (χ1n) is 9.67. The largest absolute Gasteiger partial charge is 0.474 e. The molecule has 1 aliphatic heterocycles. The molecule has 0 bridgehead atoms. The highest BCUT2D eigenvalue weighted by molar-refractivity contribution is 7.94. The van der Waals surface area contributed by atoms with Gasteiger partial charge < -0.3 is 20.9 Å². The number of anilines is 1. The Morgan fingerprint density at radius 1 is 1.21 bits per heavy atom. The van der Waals surface area contributed by atoms with E-state index in [0.717, 1.165) is 61.5 Å². The number of carbonyl (C=O) groups is 1. The van der Waals surface area contributed by atoms with Crippen molar-refractivity contribution in [3.63, 3.8) is 0 Å². The molecule has 9 nitrogen and oxygen atoms in total. The van der Waals surface area contributed by atoms with Gasteiger partial charge in [0.15, 0.2) is 4.91 Å². The monoisotopic (exact) mass is 420 g/mol. The molecule has 0 fully saturated rings. The highest BCUT2D eigenvalue weighted by Gasteiger charge is 2.30. The second kappa shape index (κ2) is 7.68. The number of aliphatic imine (C=N–C) groups is 1. The number of hydrogen-bond acceptors (Lipinski definition) is 7. The fraction of sp³-hybridized carbons (Fsp3) is 0.474. The molecular formula is C19H24N4O5S. The van der Waals surface area contributed by atoms with Gasteiger partial charge in [0.2, 0.25) is 5.90 Å². The van der Waals surface area contributed by atoms with Crippen LogP contribution >= 0.6 is 0 Å². The van der Waals surface area contributed by atoms with E-state index in [1.54, 1.807) is 0 Å². The highest BCUT2D eigenvalue weighted by Crippen LogP contribution is 2.38. The minimum Gasteiger partial charge on any atom is -0.474 e. The molecule has 0 aromatic heterocycles. The SMILES string of the molecule is NC=C(C1=NCC(O)CO1)S(=O)(=O)NC(=O)Nc1c2c(cc3c1CCC3)CCC2. The standard InChI is InChI=1S/C19H24N4O5S/c20-8-16(18-21-9-13(24)10-28-18)29(26,27)23-19(25)22-17-14-5-1-3-11(14)7-12-4-2-6-15(12)17/h7-8,13,24H,1-6,9-10,20H2,(H2,22,23,25). The lowest BCUT2D eigenvalue weighted by Gasteiger charge is -2.20. The van der Waals surface area contributed by atoms with Gasteiger partial charge in [0.1, 0.15) is 12.7 Å². The lowest BCUT2D eigenvalue weighted by atomic mass is 9.99. The molecule has 1 heterocycles. The first kappa shape index (κ1) is 19.7. The van der Waals surface area contributed by atoms with E-state index in [9.17, 15) is 18.3 Å². The zero-order chi connectivity index (χ0) is 20.6. The molecule has 0 radical (unpaired) electrons. The van der Waals surface area contributed by atoms with Crippen LogP contribution < -0.4 is 15.8 Å². The number of sulfonamides is 1. The first-order chi connectivity index (χ1) is 13.9. The number of nitrogens with zero attached hydrogens (tertiary/aromatic N) is 1. The Morgan fingerprint density at radius 3 is 2.41 bits per heavy atom. The second-order valence-electron chi connectivity index (χ2n) is 7.44. The van der Waals surface area contributed by atoms with Gasteiger partial charge in [-0.1, -0.05) is 6.07 Å². The lowest BCUT2D eigenvalue weighted by Crippen LogP contribution is -2.39.